The Morgan fingerprint density at radius 2 is 1.56 bits per heavy atom. The number of rotatable bonds is 12. The van der Waals surface area contributed by atoms with E-state index in [0.717, 1.165) is 7.11 Å². The first-order valence-corrected chi connectivity index (χ1v) is 7.54. The molecule has 0 radical (unpaired) electrons. The van der Waals surface area contributed by atoms with Gasteiger partial charge in [-0.25, -0.2) is 4.79 Å². The number of hydrogen-bond acceptors (Lipinski definition) is 9. The number of ether oxygens (including phenoxy) is 1. The smallest absolute Gasteiger partial charge is 0.330 e. The minimum atomic E-state index is -1.24. The summed E-state index contributed by atoms with van der Waals surface area (Å²) in [6.45, 7) is -2.12. The predicted octanol–water partition coefficient (Wildman–Crippen LogP) is -3.96. The van der Waals surface area contributed by atoms with Crippen molar-refractivity contribution in [2.45, 2.75) is 31.0 Å². The lowest BCUT2D eigenvalue weighted by Crippen LogP contribution is -2.52. The minimum Gasteiger partial charge on any atom is -0.467 e. The summed E-state index contributed by atoms with van der Waals surface area (Å²) in [6, 6.07) is -3.28. The number of esters is 1. The van der Waals surface area contributed by atoms with E-state index in [4.69, 9.17) is 15.3 Å². The molecular formula is C14H25N3O8. The van der Waals surface area contributed by atoms with Crippen LogP contribution in [0.1, 0.15) is 12.8 Å². The lowest BCUT2D eigenvalue weighted by molar-refractivity contribution is -0.146. The second-order valence-electron chi connectivity index (χ2n) is 5.07. The molecular weight excluding hydrogens is 338 g/mol. The SMILES string of the molecule is CN[C@@H](CCC(=O)NC(CO)C(=O)OC)C(=O)NC(CO)C(=O)CO. The van der Waals surface area contributed by atoms with Crippen molar-refractivity contribution in [1.29, 1.82) is 0 Å². The molecule has 0 aliphatic rings. The third-order valence-electron chi connectivity index (χ3n) is 3.37. The number of nitrogens with one attached hydrogen (secondary N) is 3. The first-order chi connectivity index (χ1) is 11.8. The van der Waals surface area contributed by atoms with Crippen LogP contribution in [0, 0.1) is 0 Å². The average molecular weight is 363 g/mol. The van der Waals surface area contributed by atoms with Gasteiger partial charge in [0.1, 0.15) is 12.6 Å². The molecule has 0 aliphatic carbocycles. The molecule has 0 aliphatic heterocycles. The lowest BCUT2D eigenvalue weighted by atomic mass is 10.1. The highest BCUT2D eigenvalue weighted by Gasteiger charge is 2.25. The van der Waals surface area contributed by atoms with Crippen LogP contribution in [0.4, 0.5) is 0 Å². The van der Waals surface area contributed by atoms with Gasteiger partial charge >= 0.3 is 5.97 Å². The maximum atomic E-state index is 12.0. The fraction of sp³-hybridized carbons (Fsp3) is 0.714. The number of hydrogen-bond donors (Lipinski definition) is 6. The van der Waals surface area contributed by atoms with Crippen LogP contribution in [-0.2, 0) is 23.9 Å². The minimum absolute atomic E-state index is 0.0267. The van der Waals surface area contributed by atoms with Crippen LogP contribution < -0.4 is 16.0 Å². The van der Waals surface area contributed by atoms with Crippen molar-refractivity contribution in [1.82, 2.24) is 16.0 Å². The first-order valence-electron chi connectivity index (χ1n) is 7.54. The van der Waals surface area contributed by atoms with Crippen LogP contribution in [0.15, 0.2) is 0 Å². The number of amides is 2. The number of aliphatic hydroxyl groups is 3. The Labute approximate surface area is 144 Å². The maximum absolute atomic E-state index is 12.0. The molecule has 0 aromatic carbocycles. The second-order valence-corrected chi connectivity index (χ2v) is 5.07. The van der Waals surface area contributed by atoms with E-state index in [1.165, 1.54) is 7.05 Å². The number of likely N-dealkylation sites (N-methyl/N-ethyl adjacent to an activating group) is 1. The van der Waals surface area contributed by atoms with E-state index in [1.807, 2.05) is 0 Å². The predicted molar refractivity (Wildman–Crippen MR) is 84.2 cm³/mol. The van der Waals surface area contributed by atoms with Crippen LogP contribution in [0.5, 0.6) is 0 Å². The third kappa shape index (κ3) is 8.03. The highest BCUT2D eigenvalue weighted by Crippen LogP contribution is 2.00. The second kappa shape index (κ2) is 12.3. The van der Waals surface area contributed by atoms with E-state index in [9.17, 15) is 19.2 Å². The van der Waals surface area contributed by atoms with Gasteiger partial charge in [0, 0.05) is 6.42 Å². The first kappa shape index (κ1) is 22.9. The van der Waals surface area contributed by atoms with Crippen molar-refractivity contribution in [2.24, 2.45) is 0 Å². The van der Waals surface area contributed by atoms with Gasteiger partial charge in [0.05, 0.1) is 26.4 Å². The number of carbonyl (C=O) groups excluding carboxylic acids is 4. The van der Waals surface area contributed by atoms with Crippen molar-refractivity contribution in [3.05, 3.63) is 0 Å². The molecule has 3 atom stereocenters. The Kier molecular flexibility index (Phi) is 11.3. The summed E-state index contributed by atoms with van der Waals surface area (Å²) in [5.41, 5.74) is 0. The maximum Gasteiger partial charge on any atom is 0.330 e. The topological polar surface area (TPSA) is 174 Å². The van der Waals surface area contributed by atoms with Crippen molar-refractivity contribution >= 4 is 23.6 Å². The van der Waals surface area contributed by atoms with Gasteiger partial charge < -0.3 is 36.0 Å². The van der Waals surface area contributed by atoms with Crippen molar-refractivity contribution in [3.8, 4) is 0 Å². The van der Waals surface area contributed by atoms with E-state index in [-0.39, 0.29) is 12.8 Å². The van der Waals surface area contributed by atoms with Crippen LogP contribution in [0.3, 0.4) is 0 Å². The summed E-state index contributed by atoms with van der Waals surface area (Å²) in [5, 5.41) is 34.0. The number of aliphatic hydroxyl groups excluding tert-OH is 3. The number of ketones is 1. The molecule has 11 heteroatoms. The Morgan fingerprint density at radius 3 is 2.00 bits per heavy atom. The normalized spacial score (nSPS) is 14.1. The fourth-order valence-corrected chi connectivity index (χ4v) is 1.88. The van der Waals surface area contributed by atoms with Gasteiger partial charge in [-0.2, -0.15) is 0 Å². The molecule has 0 saturated heterocycles. The summed E-state index contributed by atoms with van der Waals surface area (Å²) in [4.78, 5) is 46.4. The van der Waals surface area contributed by atoms with Gasteiger partial charge in [-0.3, -0.25) is 14.4 Å². The highest BCUT2D eigenvalue weighted by atomic mass is 16.5. The van der Waals surface area contributed by atoms with Gasteiger partial charge in [-0.1, -0.05) is 0 Å². The Morgan fingerprint density at radius 1 is 0.960 bits per heavy atom. The lowest BCUT2D eigenvalue weighted by Gasteiger charge is -2.20. The van der Waals surface area contributed by atoms with Crippen molar-refractivity contribution in [2.75, 3.05) is 34.0 Å². The summed E-state index contributed by atoms with van der Waals surface area (Å²) in [7, 11) is 2.58. The number of carbonyl (C=O) groups is 4. The molecule has 25 heavy (non-hydrogen) atoms. The number of methoxy groups -OCH3 is 1. The van der Waals surface area contributed by atoms with Gasteiger partial charge in [0.25, 0.3) is 0 Å². The molecule has 0 heterocycles. The van der Waals surface area contributed by atoms with E-state index in [2.05, 4.69) is 20.7 Å². The van der Waals surface area contributed by atoms with Crippen LogP contribution in [0.25, 0.3) is 0 Å². The largest absolute Gasteiger partial charge is 0.467 e. The molecule has 144 valence electrons. The van der Waals surface area contributed by atoms with Gasteiger partial charge in [0.15, 0.2) is 11.8 Å². The third-order valence-corrected chi connectivity index (χ3v) is 3.37. The summed E-state index contributed by atoms with van der Waals surface area (Å²) >= 11 is 0. The van der Waals surface area contributed by atoms with E-state index in [1.54, 1.807) is 0 Å². The van der Waals surface area contributed by atoms with E-state index >= 15 is 0 Å². The molecule has 6 N–H and O–H groups in total. The molecule has 0 saturated carbocycles. The zero-order valence-corrected chi connectivity index (χ0v) is 14.2. The van der Waals surface area contributed by atoms with Crippen molar-refractivity contribution < 1.29 is 39.2 Å². The Balaban J connectivity index is 4.57. The quantitative estimate of drug-likeness (QED) is 0.189. The zero-order valence-electron chi connectivity index (χ0n) is 14.2. The van der Waals surface area contributed by atoms with Crippen LogP contribution in [-0.4, -0.2) is 91.0 Å². The molecule has 2 amide bonds. The van der Waals surface area contributed by atoms with Gasteiger partial charge in [0.2, 0.25) is 11.8 Å². The Hall–Kier alpha value is -2.08. The molecule has 0 bridgehead atoms. The molecule has 11 nitrogen and oxygen atoms in total. The standard InChI is InChI=1S/C14H25N3O8/c1-15-8(13(23)17-9(5-18)11(21)7-20)3-4-12(22)16-10(6-19)14(24)25-2/h8-10,15,18-20H,3-7H2,1-2H3,(H,16,22)(H,17,23)/t8-,9?,10?/m0/s1. The molecule has 0 aromatic rings. The fourth-order valence-electron chi connectivity index (χ4n) is 1.88. The van der Waals surface area contributed by atoms with E-state index in [0.29, 0.717) is 0 Å². The van der Waals surface area contributed by atoms with E-state index < -0.39 is 61.5 Å². The summed E-state index contributed by atoms with van der Waals surface area (Å²) < 4.78 is 4.41. The monoisotopic (exact) mass is 363 g/mol. The van der Waals surface area contributed by atoms with Crippen LogP contribution in [0.2, 0.25) is 0 Å². The van der Waals surface area contributed by atoms with Crippen molar-refractivity contribution in [3.63, 3.8) is 0 Å². The van der Waals surface area contributed by atoms with Gasteiger partial charge in [-0.15, -0.1) is 0 Å². The van der Waals surface area contributed by atoms with Gasteiger partial charge in [-0.05, 0) is 13.5 Å². The molecule has 2 unspecified atom stereocenters. The molecule has 0 spiro atoms. The average Bonchev–Trinajstić information content (AvgIpc) is 2.63. The molecule has 0 aromatic heterocycles. The molecule has 0 fully saturated rings. The zero-order chi connectivity index (χ0) is 19.4. The summed E-state index contributed by atoms with van der Waals surface area (Å²) in [6.07, 6.45) is -0.122. The summed E-state index contributed by atoms with van der Waals surface area (Å²) in [5.74, 6) is -2.76. The van der Waals surface area contributed by atoms with Crippen LogP contribution >= 0.6 is 0 Å². The number of Topliss-reactive ketones (excluding diaryl/α,β-unsaturated/α-hetero) is 1. The highest BCUT2D eigenvalue weighted by molar-refractivity contribution is 5.92. The Bertz CT molecular complexity index is 471. The molecule has 0 rings (SSSR count).